The van der Waals surface area contributed by atoms with Crippen LogP contribution in [0.2, 0.25) is 0 Å². The smallest absolute Gasteiger partial charge is 0.249 e. The molecule has 4 heterocycles. The largest absolute Gasteiger partial charge is 0.394 e. The van der Waals surface area contributed by atoms with E-state index in [-0.39, 0.29) is 36.3 Å². The van der Waals surface area contributed by atoms with Crippen molar-refractivity contribution in [1.82, 2.24) is 14.7 Å². The lowest BCUT2D eigenvalue weighted by molar-refractivity contribution is -0.157. The van der Waals surface area contributed by atoms with E-state index in [1.54, 1.807) is 14.7 Å². The number of carbonyl (C=O) groups is 3. The van der Waals surface area contributed by atoms with Crippen molar-refractivity contribution < 1.29 is 24.2 Å². The van der Waals surface area contributed by atoms with Gasteiger partial charge in [0.1, 0.15) is 11.6 Å². The van der Waals surface area contributed by atoms with Gasteiger partial charge in [0.2, 0.25) is 17.7 Å². The Labute approximate surface area is 208 Å². The van der Waals surface area contributed by atoms with E-state index >= 15 is 0 Å². The number of hydrogen-bond donors (Lipinski definition) is 1. The van der Waals surface area contributed by atoms with Crippen molar-refractivity contribution >= 4 is 17.7 Å². The molecule has 0 aliphatic carbocycles. The lowest BCUT2D eigenvalue weighted by Crippen LogP contribution is -2.59. The highest BCUT2D eigenvalue weighted by Gasteiger charge is 2.75. The molecule has 8 heteroatoms. The van der Waals surface area contributed by atoms with Gasteiger partial charge >= 0.3 is 0 Å². The fourth-order valence-electron chi connectivity index (χ4n) is 6.68. The molecule has 4 aliphatic heterocycles. The molecule has 1 spiro atoms. The van der Waals surface area contributed by atoms with Crippen LogP contribution in [0.3, 0.4) is 0 Å². The lowest BCUT2D eigenvalue weighted by Gasteiger charge is -2.41. The summed E-state index contributed by atoms with van der Waals surface area (Å²) in [4.78, 5) is 47.5. The molecular weight excluding hydrogens is 446 g/mol. The van der Waals surface area contributed by atoms with Gasteiger partial charge in [-0.2, -0.15) is 0 Å². The summed E-state index contributed by atoms with van der Waals surface area (Å²) in [6.07, 6.45) is 9.00. The van der Waals surface area contributed by atoms with Crippen LogP contribution in [-0.4, -0.2) is 93.1 Å². The number of hydrogen-bond acceptors (Lipinski definition) is 5. The van der Waals surface area contributed by atoms with Gasteiger partial charge in [-0.25, -0.2) is 0 Å². The Bertz CT molecular complexity index is 930. The summed E-state index contributed by atoms with van der Waals surface area (Å²) in [7, 11) is 0. The number of fused-ring (bicyclic) bond motifs is 2. The highest BCUT2D eigenvalue weighted by Crippen LogP contribution is 2.58. The highest BCUT2D eigenvalue weighted by molar-refractivity contribution is 6.00. The van der Waals surface area contributed by atoms with E-state index in [2.05, 4.69) is 0 Å². The zero-order chi connectivity index (χ0) is 25.7. The summed E-state index contributed by atoms with van der Waals surface area (Å²) in [5, 5.41) is 10.4. The Hall–Kier alpha value is -2.19. The van der Waals surface area contributed by atoms with Crippen LogP contribution in [0.25, 0.3) is 0 Å². The van der Waals surface area contributed by atoms with Crippen LogP contribution in [0.1, 0.15) is 54.4 Å². The Balaban J connectivity index is 1.89. The zero-order valence-electron chi connectivity index (χ0n) is 21.9. The number of aliphatic hydroxyl groups is 1. The summed E-state index contributed by atoms with van der Waals surface area (Å²) in [6, 6.07) is -1.53. The van der Waals surface area contributed by atoms with Crippen molar-refractivity contribution in [3.8, 4) is 0 Å². The normalized spacial score (nSPS) is 35.5. The lowest BCUT2D eigenvalue weighted by atomic mass is 9.74. The molecule has 1 unspecified atom stereocenters. The van der Waals surface area contributed by atoms with E-state index < -0.39 is 35.1 Å². The molecule has 6 atom stereocenters. The molecule has 0 aromatic heterocycles. The van der Waals surface area contributed by atoms with Gasteiger partial charge in [0.15, 0.2) is 0 Å². The van der Waals surface area contributed by atoms with Crippen LogP contribution < -0.4 is 0 Å². The quantitative estimate of drug-likeness (QED) is 0.555. The van der Waals surface area contributed by atoms with Gasteiger partial charge < -0.3 is 24.5 Å². The topological polar surface area (TPSA) is 90.4 Å². The maximum absolute atomic E-state index is 14.3. The molecule has 3 amide bonds. The van der Waals surface area contributed by atoms with Crippen molar-refractivity contribution in [1.29, 1.82) is 0 Å². The first-order valence-electron chi connectivity index (χ1n) is 13.1. The van der Waals surface area contributed by atoms with E-state index in [1.165, 1.54) is 0 Å². The summed E-state index contributed by atoms with van der Waals surface area (Å²) in [5.74, 6) is -1.93. The van der Waals surface area contributed by atoms with Crippen molar-refractivity contribution in [3.05, 3.63) is 24.3 Å². The number of ether oxygens (including phenoxy) is 1. The summed E-state index contributed by atoms with van der Waals surface area (Å²) < 4.78 is 6.81. The first kappa shape index (κ1) is 25.9. The average molecular weight is 488 g/mol. The first-order chi connectivity index (χ1) is 16.5. The van der Waals surface area contributed by atoms with Crippen LogP contribution in [-0.2, 0) is 19.1 Å². The maximum Gasteiger partial charge on any atom is 0.249 e. The van der Waals surface area contributed by atoms with Gasteiger partial charge in [-0.15, -0.1) is 0 Å². The van der Waals surface area contributed by atoms with E-state index in [1.807, 2.05) is 65.8 Å². The van der Waals surface area contributed by atoms with E-state index in [0.717, 1.165) is 6.42 Å². The van der Waals surface area contributed by atoms with Gasteiger partial charge in [0, 0.05) is 25.7 Å². The Kier molecular flexibility index (Phi) is 6.92. The predicted octanol–water partition coefficient (Wildman–Crippen LogP) is 1.98. The fourth-order valence-corrected chi connectivity index (χ4v) is 6.68. The Morgan fingerprint density at radius 2 is 1.71 bits per heavy atom. The molecule has 4 rings (SSSR count). The molecule has 0 saturated carbocycles. The second-order valence-electron chi connectivity index (χ2n) is 11.4. The minimum Gasteiger partial charge on any atom is -0.394 e. The zero-order valence-corrected chi connectivity index (χ0v) is 21.9. The molecule has 35 heavy (non-hydrogen) atoms. The van der Waals surface area contributed by atoms with Crippen molar-refractivity contribution in [2.24, 2.45) is 17.8 Å². The molecule has 1 N–H and O–H groups in total. The number of carbonyl (C=O) groups excluding carboxylic acids is 3. The number of nitrogens with zero attached hydrogens (tertiary/aromatic N) is 3. The van der Waals surface area contributed by atoms with Crippen LogP contribution in [0.15, 0.2) is 24.3 Å². The molecular formula is C27H41N3O5. The number of rotatable bonds is 7. The molecule has 4 aliphatic rings. The summed E-state index contributed by atoms with van der Waals surface area (Å²) in [6.45, 7) is 13.1. The first-order valence-corrected chi connectivity index (χ1v) is 13.1. The minimum absolute atomic E-state index is 0.0694. The van der Waals surface area contributed by atoms with Crippen LogP contribution in [0.4, 0.5) is 0 Å². The van der Waals surface area contributed by atoms with E-state index in [4.69, 9.17) is 4.74 Å². The van der Waals surface area contributed by atoms with E-state index in [9.17, 15) is 19.5 Å². The third kappa shape index (κ3) is 3.93. The van der Waals surface area contributed by atoms with Crippen molar-refractivity contribution in [3.63, 3.8) is 0 Å². The summed E-state index contributed by atoms with van der Waals surface area (Å²) >= 11 is 0. The standard InChI is InChI=1S/C27H41N3O5/c1-7-12-28-13-8-10-26(6)20(23(28)32)21-24(33)30(19(16-31)15-17(2)3)22-25(34)29(18(4)5)14-9-11-27(21,22)35-26/h8-11,17-22,31H,7,12-16H2,1-6H3/t19-,20+,21+,22?,26-,27+/m1/s1. The monoisotopic (exact) mass is 487 g/mol. The van der Waals surface area contributed by atoms with Gasteiger partial charge in [-0.1, -0.05) is 45.1 Å². The molecule has 0 bridgehead atoms. The molecule has 0 aromatic rings. The second kappa shape index (κ2) is 9.36. The second-order valence-corrected chi connectivity index (χ2v) is 11.4. The Morgan fingerprint density at radius 1 is 1.03 bits per heavy atom. The average Bonchev–Trinajstić information content (AvgIpc) is 3.06. The van der Waals surface area contributed by atoms with Gasteiger partial charge in [0.05, 0.1) is 30.1 Å². The van der Waals surface area contributed by atoms with Gasteiger partial charge in [0.25, 0.3) is 0 Å². The number of amides is 3. The van der Waals surface area contributed by atoms with Crippen LogP contribution in [0.5, 0.6) is 0 Å². The molecule has 2 fully saturated rings. The predicted molar refractivity (Wildman–Crippen MR) is 132 cm³/mol. The molecule has 8 nitrogen and oxygen atoms in total. The molecule has 0 aromatic carbocycles. The molecule has 0 radical (unpaired) electrons. The van der Waals surface area contributed by atoms with Crippen molar-refractivity contribution in [2.45, 2.75) is 83.7 Å². The minimum atomic E-state index is -1.27. The Morgan fingerprint density at radius 3 is 2.31 bits per heavy atom. The van der Waals surface area contributed by atoms with E-state index in [0.29, 0.717) is 26.1 Å². The maximum atomic E-state index is 14.3. The third-order valence-corrected chi connectivity index (χ3v) is 8.07. The van der Waals surface area contributed by atoms with Gasteiger partial charge in [-0.05, 0) is 39.5 Å². The van der Waals surface area contributed by atoms with Crippen molar-refractivity contribution in [2.75, 3.05) is 26.2 Å². The summed E-state index contributed by atoms with van der Waals surface area (Å²) in [5.41, 5.74) is -2.27. The fraction of sp³-hybridized carbons (Fsp3) is 0.741. The SMILES string of the molecule is CCCN1CC=C[C@@]2(C)O[C@]34C=CCN(C(C)C)C(=O)C3N([C@@H](CO)CC(C)C)C(=O)[C@@H]4[C@H]2C1=O. The number of likely N-dealkylation sites (tertiary alicyclic amines) is 1. The van der Waals surface area contributed by atoms with Crippen LogP contribution >= 0.6 is 0 Å². The molecule has 2 saturated heterocycles. The number of aliphatic hydroxyl groups excluding tert-OH is 1. The van der Waals surface area contributed by atoms with Gasteiger partial charge in [-0.3, -0.25) is 14.4 Å². The highest BCUT2D eigenvalue weighted by atomic mass is 16.5. The van der Waals surface area contributed by atoms with Crippen LogP contribution in [0, 0.1) is 17.8 Å². The third-order valence-electron chi connectivity index (χ3n) is 8.07. The molecule has 194 valence electrons.